The molecule has 0 unspecified atom stereocenters. The Balaban J connectivity index is 2.01. The molecule has 1 aromatic heterocycles. The van der Waals surface area contributed by atoms with E-state index in [1.54, 1.807) is 0 Å². The minimum atomic E-state index is -0.562. The van der Waals surface area contributed by atoms with Crippen LogP contribution in [0.5, 0.6) is 0 Å². The highest BCUT2D eigenvalue weighted by Gasteiger charge is 2.29. The van der Waals surface area contributed by atoms with Gasteiger partial charge in [0.2, 0.25) is 5.89 Å². The lowest BCUT2D eigenvalue weighted by Crippen LogP contribution is -2.42. The molecule has 0 amide bonds. The number of hydrogen-bond donors (Lipinski definition) is 2. The highest BCUT2D eigenvalue weighted by molar-refractivity contribution is 5.25. The first-order valence-electron chi connectivity index (χ1n) is 5.10. The summed E-state index contributed by atoms with van der Waals surface area (Å²) in [6, 6.07) is 0.506. The maximum Gasteiger partial charge on any atom is 0.318 e. The fraction of sp³-hybridized carbons (Fsp3) is 0.778. The number of hydrogen-bond acceptors (Lipinski definition) is 6. The van der Waals surface area contributed by atoms with Crippen molar-refractivity contribution in [2.24, 2.45) is 5.73 Å². The summed E-state index contributed by atoms with van der Waals surface area (Å²) in [6.45, 7) is 3.58. The van der Waals surface area contributed by atoms with Crippen LogP contribution in [-0.2, 0) is 6.54 Å². The highest BCUT2D eigenvalue weighted by Crippen LogP contribution is 2.24. The number of aliphatic hydroxyl groups is 1. The molecule has 0 spiro atoms. The Labute approximate surface area is 88.1 Å². The lowest BCUT2D eigenvalue weighted by atomic mass is 9.94. The average molecular weight is 212 g/mol. The van der Waals surface area contributed by atoms with Crippen molar-refractivity contribution >= 4 is 6.01 Å². The van der Waals surface area contributed by atoms with Crippen molar-refractivity contribution in [3.63, 3.8) is 0 Å². The molecule has 1 aliphatic heterocycles. The molecule has 1 saturated heterocycles. The van der Waals surface area contributed by atoms with E-state index in [0.29, 0.717) is 24.7 Å². The van der Waals surface area contributed by atoms with Crippen molar-refractivity contribution in [3.8, 4) is 0 Å². The van der Waals surface area contributed by atoms with E-state index in [-0.39, 0.29) is 6.54 Å². The van der Waals surface area contributed by atoms with Gasteiger partial charge in [0.25, 0.3) is 0 Å². The van der Waals surface area contributed by atoms with Crippen molar-refractivity contribution in [3.05, 3.63) is 5.89 Å². The van der Waals surface area contributed by atoms with Crippen LogP contribution >= 0.6 is 0 Å². The van der Waals surface area contributed by atoms with Crippen LogP contribution in [0.1, 0.15) is 25.7 Å². The number of aromatic nitrogens is 2. The smallest absolute Gasteiger partial charge is 0.318 e. The monoisotopic (exact) mass is 212 g/mol. The summed E-state index contributed by atoms with van der Waals surface area (Å²) in [7, 11) is 0. The zero-order valence-corrected chi connectivity index (χ0v) is 8.81. The summed E-state index contributed by atoms with van der Waals surface area (Å²) in [4.78, 5) is 1.98. The molecule has 0 aliphatic carbocycles. The molecule has 0 aromatic carbocycles. The van der Waals surface area contributed by atoms with Gasteiger partial charge >= 0.3 is 6.01 Å². The van der Waals surface area contributed by atoms with Gasteiger partial charge in [-0.2, -0.15) is 0 Å². The van der Waals surface area contributed by atoms with Crippen LogP contribution in [0.25, 0.3) is 0 Å². The minimum absolute atomic E-state index is 0.262. The SMILES string of the molecule is CC1(O)CCN(c2nnc(CN)o2)CC1. The molecule has 0 atom stereocenters. The van der Waals surface area contributed by atoms with Gasteiger partial charge in [-0.3, -0.25) is 0 Å². The molecule has 1 aromatic rings. The first-order chi connectivity index (χ1) is 7.11. The third-order valence-electron chi connectivity index (χ3n) is 2.74. The summed E-state index contributed by atoms with van der Waals surface area (Å²) in [5.41, 5.74) is 4.82. The first-order valence-corrected chi connectivity index (χ1v) is 5.10. The molecule has 3 N–H and O–H groups in total. The Morgan fingerprint density at radius 3 is 2.67 bits per heavy atom. The van der Waals surface area contributed by atoms with Crippen molar-refractivity contribution in [2.75, 3.05) is 18.0 Å². The summed E-state index contributed by atoms with van der Waals surface area (Å²) >= 11 is 0. The maximum absolute atomic E-state index is 9.78. The van der Waals surface area contributed by atoms with Crippen LogP contribution in [0.2, 0.25) is 0 Å². The van der Waals surface area contributed by atoms with Crippen LogP contribution in [-0.4, -0.2) is 34.0 Å². The second-order valence-corrected chi connectivity index (χ2v) is 4.17. The van der Waals surface area contributed by atoms with E-state index in [2.05, 4.69) is 10.2 Å². The van der Waals surface area contributed by atoms with Crippen molar-refractivity contribution in [1.82, 2.24) is 10.2 Å². The molecule has 2 rings (SSSR count). The zero-order chi connectivity index (χ0) is 10.9. The van der Waals surface area contributed by atoms with Crippen LogP contribution in [0.15, 0.2) is 4.42 Å². The second kappa shape index (κ2) is 3.79. The molecule has 0 radical (unpaired) electrons. The molecule has 15 heavy (non-hydrogen) atoms. The average Bonchev–Trinajstić information content (AvgIpc) is 2.66. The van der Waals surface area contributed by atoms with Gasteiger partial charge in [-0.1, -0.05) is 5.10 Å². The van der Waals surface area contributed by atoms with Gasteiger partial charge in [-0.15, -0.1) is 5.10 Å². The lowest BCUT2D eigenvalue weighted by molar-refractivity contribution is 0.0343. The third-order valence-corrected chi connectivity index (χ3v) is 2.74. The molecule has 1 aliphatic rings. The Bertz CT molecular complexity index is 327. The summed E-state index contributed by atoms with van der Waals surface area (Å²) in [5.74, 6) is 0.447. The second-order valence-electron chi connectivity index (χ2n) is 4.17. The molecule has 1 fully saturated rings. The van der Waals surface area contributed by atoms with E-state index in [9.17, 15) is 5.11 Å². The number of piperidine rings is 1. The zero-order valence-electron chi connectivity index (χ0n) is 8.81. The first kappa shape index (κ1) is 10.4. The Morgan fingerprint density at radius 1 is 1.47 bits per heavy atom. The van der Waals surface area contributed by atoms with Gasteiger partial charge in [-0.25, -0.2) is 0 Å². The normalized spacial score (nSPS) is 20.6. The summed E-state index contributed by atoms with van der Waals surface area (Å²) in [5, 5.41) is 17.5. The fourth-order valence-corrected chi connectivity index (χ4v) is 1.63. The Kier molecular flexibility index (Phi) is 2.62. The van der Waals surface area contributed by atoms with Crippen LogP contribution in [0.4, 0.5) is 6.01 Å². The quantitative estimate of drug-likeness (QED) is 0.710. The van der Waals surface area contributed by atoms with Gasteiger partial charge < -0.3 is 20.2 Å². The largest absolute Gasteiger partial charge is 0.407 e. The van der Waals surface area contributed by atoms with Crippen LogP contribution in [0.3, 0.4) is 0 Å². The number of anilines is 1. The lowest BCUT2D eigenvalue weighted by Gasteiger charge is -2.34. The molecule has 84 valence electrons. The van der Waals surface area contributed by atoms with Crippen LogP contribution in [0, 0.1) is 0 Å². The van der Waals surface area contributed by atoms with E-state index < -0.39 is 5.60 Å². The standard InChI is InChI=1S/C9H16N4O2/c1-9(14)2-4-13(5-3-9)8-12-11-7(6-10)15-8/h14H,2-6,10H2,1H3. The van der Waals surface area contributed by atoms with E-state index in [1.807, 2.05) is 11.8 Å². The predicted octanol–water partition coefficient (Wildman–Crippen LogP) is -0.121. The van der Waals surface area contributed by atoms with Crippen LogP contribution < -0.4 is 10.6 Å². The topological polar surface area (TPSA) is 88.4 Å². The molecular weight excluding hydrogens is 196 g/mol. The Hall–Kier alpha value is -1.14. The van der Waals surface area contributed by atoms with E-state index in [0.717, 1.165) is 13.1 Å². The number of nitrogens with two attached hydrogens (primary N) is 1. The van der Waals surface area contributed by atoms with E-state index in [1.165, 1.54) is 0 Å². The summed E-state index contributed by atoms with van der Waals surface area (Å²) < 4.78 is 5.34. The predicted molar refractivity (Wildman–Crippen MR) is 54.3 cm³/mol. The fourth-order valence-electron chi connectivity index (χ4n) is 1.63. The number of rotatable bonds is 2. The molecule has 6 heteroatoms. The number of nitrogens with zero attached hydrogens (tertiary/aromatic N) is 3. The van der Waals surface area contributed by atoms with Crippen molar-refractivity contribution in [1.29, 1.82) is 0 Å². The van der Waals surface area contributed by atoms with Gasteiger partial charge in [-0.05, 0) is 19.8 Å². The molecule has 0 saturated carbocycles. The molecule has 2 heterocycles. The third kappa shape index (κ3) is 2.27. The van der Waals surface area contributed by atoms with Gasteiger partial charge in [0.15, 0.2) is 0 Å². The minimum Gasteiger partial charge on any atom is -0.407 e. The van der Waals surface area contributed by atoms with Crippen molar-refractivity contribution < 1.29 is 9.52 Å². The van der Waals surface area contributed by atoms with Gasteiger partial charge in [0.1, 0.15) is 0 Å². The molecule has 6 nitrogen and oxygen atoms in total. The highest BCUT2D eigenvalue weighted by atomic mass is 16.4. The van der Waals surface area contributed by atoms with E-state index in [4.69, 9.17) is 10.2 Å². The van der Waals surface area contributed by atoms with Gasteiger partial charge in [0, 0.05) is 13.1 Å². The molecular formula is C9H16N4O2. The summed E-state index contributed by atoms with van der Waals surface area (Å²) in [6.07, 6.45) is 1.43. The molecule has 0 bridgehead atoms. The van der Waals surface area contributed by atoms with Crippen molar-refractivity contribution in [2.45, 2.75) is 31.9 Å². The Morgan fingerprint density at radius 2 is 2.13 bits per heavy atom. The maximum atomic E-state index is 9.78. The van der Waals surface area contributed by atoms with Gasteiger partial charge in [0.05, 0.1) is 12.1 Å². The van der Waals surface area contributed by atoms with E-state index >= 15 is 0 Å².